The largest absolute Gasteiger partial charge is 0.487 e. The van der Waals surface area contributed by atoms with Gasteiger partial charge in [0.1, 0.15) is 11.4 Å². The van der Waals surface area contributed by atoms with Gasteiger partial charge in [-0.15, -0.1) is 0 Å². The number of hydrogen-bond donors (Lipinski definition) is 2. The van der Waals surface area contributed by atoms with Crippen LogP contribution in [-0.4, -0.2) is 49.9 Å². The van der Waals surface area contributed by atoms with Gasteiger partial charge in [0.25, 0.3) is 0 Å². The Morgan fingerprint density at radius 3 is 2.58 bits per heavy atom. The highest BCUT2D eigenvalue weighted by atomic mass is 32.2. The highest BCUT2D eigenvalue weighted by molar-refractivity contribution is 7.92. The van der Waals surface area contributed by atoms with E-state index in [0.29, 0.717) is 29.0 Å². The second kappa shape index (κ2) is 8.50. The normalized spacial score (nSPS) is 20.5. The van der Waals surface area contributed by atoms with E-state index in [9.17, 15) is 13.5 Å². The van der Waals surface area contributed by atoms with Crippen LogP contribution in [0.25, 0.3) is 0 Å². The summed E-state index contributed by atoms with van der Waals surface area (Å²) in [6.07, 6.45) is 3.52. The van der Waals surface area contributed by atoms with Gasteiger partial charge in [0.05, 0.1) is 24.0 Å². The molecule has 164 valence electrons. The van der Waals surface area contributed by atoms with E-state index in [1.54, 1.807) is 18.2 Å². The third-order valence-corrected chi connectivity index (χ3v) is 6.74. The third-order valence-electron chi connectivity index (χ3n) is 6.13. The van der Waals surface area contributed by atoms with Crippen LogP contribution >= 0.6 is 0 Å². The number of nitriles is 1. The van der Waals surface area contributed by atoms with Gasteiger partial charge in [0.15, 0.2) is 0 Å². The molecule has 4 rings (SSSR count). The molecule has 0 amide bonds. The first kappa shape index (κ1) is 21.6. The van der Waals surface area contributed by atoms with Gasteiger partial charge in [-0.2, -0.15) is 5.26 Å². The first-order valence-electron chi connectivity index (χ1n) is 10.5. The maximum absolute atomic E-state index is 11.5. The highest BCUT2D eigenvalue weighted by Crippen LogP contribution is 2.45. The van der Waals surface area contributed by atoms with Crippen molar-refractivity contribution in [1.82, 2.24) is 4.90 Å². The van der Waals surface area contributed by atoms with Crippen LogP contribution in [0.15, 0.2) is 42.5 Å². The number of nitrogens with one attached hydrogen (secondary N) is 1. The van der Waals surface area contributed by atoms with Crippen LogP contribution in [0.1, 0.15) is 42.1 Å². The summed E-state index contributed by atoms with van der Waals surface area (Å²) in [6.45, 7) is 2.74. The molecule has 7 nitrogen and oxygen atoms in total. The molecule has 8 heteroatoms. The molecular formula is C23H27N3O4S. The van der Waals surface area contributed by atoms with Crippen molar-refractivity contribution in [3.8, 4) is 11.8 Å². The minimum absolute atomic E-state index is 0.386. The highest BCUT2D eigenvalue weighted by Gasteiger charge is 2.42. The summed E-state index contributed by atoms with van der Waals surface area (Å²) in [6, 6.07) is 14.9. The first-order valence-corrected chi connectivity index (χ1v) is 12.3. The van der Waals surface area contributed by atoms with E-state index in [2.05, 4.69) is 15.7 Å². The van der Waals surface area contributed by atoms with E-state index in [1.807, 2.05) is 24.3 Å². The zero-order chi connectivity index (χ0) is 22.1. The Bertz CT molecular complexity index is 1080. The minimum Gasteiger partial charge on any atom is -0.487 e. The van der Waals surface area contributed by atoms with Crippen molar-refractivity contribution in [1.29, 1.82) is 5.26 Å². The standard InChI is InChI=1S/C23H27N3O4S/c1-31(28,29)25-19-6-7-22-20(14-19)21(27)15-23(30-22)9-12-26(13-10-23)11-8-17-2-4-18(16-24)5-3-17/h2-7,14,21,25,27H,8-13,15H2,1H3/t21-/m0/s1. The van der Waals surface area contributed by atoms with E-state index >= 15 is 0 Å². The van der Waals surface area contributed by atoms with E-state index in [1.165, 1.54) is 5.56 Å². The van der Waals surface area contributed by atoms with Crippen LogP contribution in [0.5, 0.6) is 5.75 Å². The molecule has 2 heterocycles. The summed E-state index contributed by atoms with van der Waals surface area (Å²) in [4.78, 5) is 2.41. The lowest BCUT2D eigenvalue weighted by Crippen LogP contribution is -2.50. The number of ether oxygens (including phenoxy) is 1. The van der Waals surface area contributed by atoms with Gasteiger partial charge in [-0.3, -0.25) is 4.72 Å². The number of likely N-dealkylation sites (tertiary alicyclic amines) is 1. The first-order chi connectivity index (χ1) is 14.8. The lowest BCUT2D eigenvalue weighted by Gasteiger charge is -2.46. The number of piperidine rings is 1. The fourth-order valence-electron chi connectivity index (χ4n) is 4.44. The summed E-state index contributed by atoms with van der Waals surface area (Å²) in [5.74, 6) is 0.629. The van der Waals surface area contributed by atoms with Crippen LogP contribution in [0.2, 0.25) is 0 Å². The molecule has 0 aliphatic carbocycles. The fourth-order valence-corrected chi connectivity index (χ4v) is 5.00. The maximum Gasteiger partial charge on any atom is 0.229 e. The topological polar surface area (TPSA) is 103 Å². The van der Waals surface area contributed by atoms with E-state index in [-0.39, 0.29) is 5.60 Å². The molecule has 2 aliphatic heterocycles. The molecule has 2 aromatic rings. The van der Waals surface area contributed by atoms with E-state index < -0.39 is 16.1 Å². The van der Waals surface area contributed by atoms with Crippen LogP contribution in [0.4, 0.5) is 5.69 Å². The molecule has 0 unspecified atom stereocenters. The van der Waals surface area contributed by atoms with Crippen molar-refractivity contribution in [2.75, 3.05) is 30.6 Å². The number of fused-ring (bicyclic) bond motifs is 1. The summed E-state index contributed by atoms with van der Waals surface area (Å²) >= 11 is 0. The third kappa shape index (κ3) is 5.18. The monoisotopic (exact) mass is 441 g/mol. The Balaban J connectivity index is 1.36. The quantitative estimate of drug-likeness (QED) is 0.740. The molecule has 31 heavy (non-hydrogen) atoms. The van der Waals surface area contributed by atoms with Crippen LogP contribution in [0, 0.1) is 11.3 Å². The maximum atomic E-state index is 11.5. The Labute approximate surface area is 183 Å². The summed E-state index contributed by atoms with van der Waals surface area (Å²) in [7, 11) is -3.38. The molecule has 2 N–H and O–H groups in total. The SMILES string of the molecule is CS(=O)(=O)Nc1ccc2c(c1)[C@@H](O)CC1(CCN(CCc3ccc(C#N)cc3)CC1)O2. The second-order valence-electron chi connectivity index (χ2n) is 8.53. The van der Waals surface area contributed by atoms with Crippen LogP contribution in [0.3, 0.4) is 0 Å². The van der Waals surface area contributed by atoms with Crippen molar-refractivity contribution in [3.63, 3.8) is 0 Å². The van der Waals surface area contributed by atoms with E-state index in [0.717, 1.165) is 45.2 Å². The molecule has 0 bridgehead atoms. The molecule has 1 saturated heterocycles. The lowest BCUT2D eigenvalue weighted by atomic mass is 9.81. The average Bonchev–Trinajstić information content (AvgIpc) is 2.73. The molecule has 0 saturated carbocycles. The van der Waals surface area contributed by atoms with Gasteiger partial charge in [-0.05, 0) is 55.2 Å². The number of rotatable bonds is 5. The number of anilines is 1. The van der Waals surface area contributed by atoms with Gasteiger partial charge in [-0.25, -0.2) is 8.42 Å². The van der Waals surface area contributed by atoms with Gasteiger partial charge < -0.3 is 14.7 Å². The zero-order valence-corrected chi connectivity index (χ0v) is 18.4. The number of sulfonamides is 1. The minimum atomic E-state index is -3.38. The van der Waals surface area contributed by atoms with Crippen LogP contribution in [-0.2, 0) is 16.4 Å². The average molecular weight is 442 g/mol. The predicted molar refractivity (Wildman–Crippen MR) is 118 cm³/mol. The Kier molecular flexibility index (Phi) is 5.93. The number of nitrogens with zero attached hydrogens (tertiary/aromatic N) is 2. The van der Waals surface area contributed by atoms with E-state index in [4.69, 9.17) is 10.00 Å². The molecule has 1 atom stereocenters. The van der Waals surface area contributed by atoms with Crippen molar-refractivity contribution < 1.29 is 18.3 Å². The number of aliphatic hydroxyl groups is 1. The lowest BCUT2D eigenvalue weighted by molar-refractivity contribution is -0.0536. The summed E-state index contributed by atoms with van der Waals surface area (Å²) < 4.78 is 31.8. The number of benzene rings is 2. The van der Waals surface area contributed by atoms with Crippen molar-refractivity contribution in [3.05, 3.63) is 59.2 Å². The Hall–Kier alpha value is -2.60. The summed E-state index contributed by atoms with van der Waals surface area (Å²) in [5, 5.41) is 19.7. The zero-order valence-electron chi connectivity index (χ0n) is 17.5. The number of aliphatic hydroxyl groups excluding tert-OH is 1. The van der Waals surface area contributed by atoms with Crippen molar-refractivity contribution >= 4 is 15.7 Å². The van der Waals surface area contributed by atoms with Gasteiger partial charge in [0, 0.05) is 37.3 Å². The smallest absolute Gasteiger partial charge is 0.229 e. The molecule has 1 fully saturated rings. The molecule has 2 aliphatic rings. The van der Waals surface area contributed by atoms with Gasteiger partial charge in [0.2, 0.25) is 10.0 Å². The van der Waals surface area contributed by atoms with Crippen LogP contribution < -0.4 is 9.46 Å². The Morgan fingerprint density at radius 1 is 1.23 bits per heavy atom. The number of hydrogen-bond acceptors (Lipinski definition) is 6. The Morgan fingerprint density at radius 2 is 1.94 bits per heavy atom. The van der Waals surface area contributed by atoms with Gasteiger partial charge in [-0.1, -0.05) is 12.1 Å². The van der Waals surface area contributed by atoms with Crippen molar-refractivity contribution in [2.45, 2.75) is 37.4 Å². The summed E-state index contributed by atoms with van der Waals surface area (Å²) in [5.41, 5.74) is 2.57. The predicted octanol–water partition coefficient (Wildman–Crippen LogP) is 2.82. The van der Waals surface area contributed by atoms with Gasteiger partial charge >= 0.3 is 0 Å². The molecular weight excluding hydrogens is 414 g/mol. The molecule has 0 aromatic heterocycles. The second-order valence-corrected chi connectivity index (χ2v) is 10.3. The molecule has 0 radical (unpaired) electrons. The molecule has 1 spiro atoms. The molecule has 2 aromatic carbocycles. The van der Waals surface area contributed by atoms with Crippen molar-refractivity contribution in [2.24, 2.45) is 0 Å². The fraction of sp³-hybridized carbons (Fsp3) is 0.435.